The average molecular weight is 443 g/mol. The normalized spacial score (nSPS) is 14.4. The summed E-state index contributed by atoms with van der Waals surface area (Å²) in [7, 11) is 0. The number of furan rings is 1. The summed E-state index contributed by atoms with van der Waals surface area (Å²) in [6.45, 7) is 0. The smallest absolute Gasteiger partial charge is 0.417 e. The zero-order valence-electron chi connectivity index (χ0n) is 16.1. The fourth-order valence-corrected chi connectivity index (χ4v) is 5.07. The third-order valence-corrected chi connectivity index (χ3v) is 6.49. The van der Waals surface area contributed by atoms with Crippen LogP contribution in [0.5, 0.6) is 0 Å². The first-order chi connectivity index (χ1) is 14.9. The van der Waals surface area contributed by atoms with E-state index in [-0.39, 0.29) is 22.6 Å². The second-order valence-electron chi connectivity index (χ2n) is 7.28. The minimum Gasteiger partial charge on any atom is -0.455 e. The molecule has 4 aromatic rings. The molecule has 0 radical (unpaired) electrons. The van der Waals surface area contributed by atoms with Crippen LogP contribution in [-0.2, 0) is 19.0 Å². The van der Waals surface area contributed by atoms with Crippen LogP contribution < -0.4 is 5.56 Å². The number of aromatic nitrogens is 2. The standard InChI is InChI=1S/C22H16F3N3O2S/c23-22(24,25)16-7-3-1-5-14(16)17-10-9-13(30-17)11-27-28-12-26-20-19(21(28)29)15-6-2-4-8-18(15)31-20/h1,3,5,7,9-12H,2,4,6,8H2/b27-11-. The van der Waals surface area contributed by atoms with Gasteiger partial charge in [0.15, 0.2) is 0 Å². The SMILES string of the molecule is O=c1c2c3c(sc2ncn1/N=C\c1ccc(-c2ccccc2C(F)(F)F)o1)CCCC3. The van der Waals surface area contributed by atoms with Crippen molar-refractivity contribution < 1.29 is 17.6 Å². The van der Waals surface area contributed by atoms with Crippen LogP contribution in [0.4, 0.5) is 13.2 Å². The van der Waals surface area contributed by atoms with Crippen molar-refractivity contribution in [2.24, 2.45) is 5.10 Å². The highest BCUT2D eigenvalue weighted by molar-refractivity contribution is 7.18. The van der Waals surface area contributed by atoms with E-state index in [0.29, 0.717) is 10.2 Å². The molecule has 5 rings (SSSR count). The van der Waals surface area contributed by atoms with Gasteiger partial charge < -0.3 is 4.42 Å². The number of thiophene rings is 1. The van der Waals surface area contributed by atoms with Crippen molar-refractivity contribution in [1.29, 1.82) is 0 Å². The predicted octanol–water partition coefficient (Wildman–Crippen LogP) is 5.50. The van der Waals surface area contributed by atoms with Gasteiger partial charge in [0.25, 0.3) is 5.56 Å². The highest BCUT2D eigenvalue weighted by Gasteiger charge is 2.34. The maximum atomic E-state index is 13.3. The lowest BCUT2D eigenvalue weighted by molar-refractivity contribution is -0.137. The molecule has 31 heavy (non-hydrogen) atoms. The highest BCUT2D eigenvalue weighted by Crippen LogP contribution is 2.37. The molecule has 3 aromatic heterocycles. The topological polar surface area (TPSA) is 60.4 Å². The van der Waals surface area contributed by atoms with Gasteiger partial charge in [-0.1, -0.05) is 18.2 Å². The molecule has 0 amide bonds. The Morgan fingerprint density at radius 1 is 1.13 bits per heavy atom. The van der Waals surface area contributed by atoms with Crippen molar-refractivity contribution in [3.63, 3.8) is 0 Å². The van der Waals surface area contributed by atoms with E-state index in [2.05, 4.69) is 10.1 Å². The van der Waals surface area contributed by atoms with Crippen molar-refractivity contribution in [3.05, 3.63) is 74.8 Å². The molecule has 0 fully saturated rings. The predicted molar refractivity (Wildman–Crippen MR) is 113 cm³/mol. The molecule has 0 spiro atoms. The van der Waals surface area contributed by atoms with Crippen LogP contribution in [0.3, 0.4) is 0 Å². The second kappa shape index (κ2) is 7.49. The molecular weight excluding hydrogens is 427 g/mol. The minimum atomic E-state index is -4.49. The van der Waals surface area contributed by atoms with Crippen LogP contribution in [0.15, 0.2) is 57.0 Å². The molecule has 1 aromatic carbocycles. The third-order valence-electron chi connectivity index (χ3n) is 5.29. The van der Waals surface area contributed by atoms with E-state index in [4.69, 9.17) is 4.42 Å². The zero-order valence-corrected chi connectivity index (χ0v) is 17.0. The van der Waals surface area contributed by atoms with Gasteiger partial charge in [-0.25, -0.2) is 4.98 Å². The molecule has 0 unspecified atom stereocenters. The zero-order chi connectivity index (χ0) is 21.6. The molecule has 0 aliphatic heterocycles. The Kier molecular flexibility index (Phi) is 4.77. The van der Waals surface area contributed by atoms with Crippen molar-refractivity contribution in [2.75, 3.05) is 0 Å². The van der Waals surface area contributed by atoms with Gasteiger partial charge in [0.2, 0.25) is 0 Å². The summed E-state index contributed by atoms with van der Waals surface area (Å²) >= 11 is 1.55. The number of alkyl halides is 3. The van der Waals surface area contributed by atoms with Crippen molar-refractivity contribution >= 4 is 27.8 Å². The van der Waals surface area contributed by atoms with E-state index >= 15 is 0 Å². The molecule has 0 bridgehead atoms. The highest BCUT2D eigenvalue weighted by atomic mass is 32.1. The summed E-state index contributed by atoms with van der Waals surface area (Å²) in [5, 5.41) is 4.75. The summed E-state index contributed by atoms with van der Waals surface area (Å²) in [4.78, 5) is 19.2. The van der Waals surface area contributed by atoms with Gasteiger partial charge in [-0.15, -0.1) is 11.3 Å². The van der Waals surface area contributed by atoms with Gasteiger partial charge in [-0.05, 0) is 49.4 Å². The summed E-state index contributed by atoms with van der Waals surface area (Å²) in [5.74, 6) is 0.300. The number of halogens is 3. The maximum Gasteiger partial charge on any atom is 0.417 e. The molecule has 0 N–H and O–H groups in total. The molecule has 0 atom stereocenters. The number of hydrogen-bond acceptors (Lipinski definition) is 5. The van der Waals surface area contributed by atoms with Crippen LogP contribution in [0.25, 0.3) is 21.5 Å². The van der Waals surface area contributed by atoms with Gasteiger partial charge >= 0.3 is 6.18 Å². The van der Waals surface area contributed by atoms with Gasteiger partial charge in [0, 0.05) is 10.4 Å². The van der Waals surface area contributed by atoms with E-state index in [1.807, 2.05) is 0 Å². The lowest BCUT2D eigenvalue weighted by atomic mass is 9.97. The van der Waals surface area contributed by atoms with Gasteiger partial charge in [-0.2, -0.15) is 22.9 Å². The van der Waals surface area contributed by atoms with Gasteiger partial charge in [0.1, 0.15) is 22.7 Å². The average Bonchev–Trinajstić information content (AvgIpc) is 3.37. The lowest BCUT2D eigenvalue weighted by Gasteiger charge is -2.10. The largest absolute Gasteiger partial charge is 0.455 e. The van der Waals surface area contributed by atoms with Crippen molar-refractivity contribution in [3.8, 4) is 11.3 Å². The van der Waals surface area contributed by atoms with Crippen LogP contribution in [0.2, 0.25) is 0 Å². The first-order valence-electron chi connectivity index (χ1n) is 9.74. The fourth-order valence-electron chi connectivity index (χ4n) is 3.85. The monoisotopic (exact) mass is 443 g/mol. The first kappa shape index (κ1) is 19.7. The Morgan fingerprint density at radius 2 is 1.94 bits per heavy atom. The van der Waals surface area contributed by atoms with E-state index in [0.717, 1.165) is 42.0 Å². The summed E-state index contributed by atoms with van der Waals surface area (Å²) in [6, 6.07) is 8.16. The van der Waals surface area contributed by atoms with Gasteiger partial charge in [-0.3, -0.25) is 4.79 Å². The summed E-state index contributed by atoms with van der Waals surface area (Å²) in [5.41, 5.74) is -0.0204. The molecule has 5 nitrogen and oxygen atoms in total. The van der Waals surface area contributed by atoms with E-state index in [1.165, 1.54) is 47.8 Å². The summed E-state index contributed by atoms with van der Waals surface area (Å²) < 4.78 is 46.5. The number of hydrogen-bond donors (Lipinski definition) is 0. The first-order valence-corrected chi connectivity index (χ1v) is 10.6. The Hall–Kier alpha value is -3.20. The van der Waals surface area contributed by atoms with Crippen molar-refractivity contribution in [2.45, 2.75) is 31.9 Å². The lowest BCUT2D eigenvalue weighted by Crippen LogP contribution is -2.17. The Labute approximate surface area is 178 Å². The molecular formula is C22H16F3N3O2S. The molecule has 0 saturated heterocycles. The molecule has 9 heteroatoms. The van der Waals surface area contributed by atoms with Crippen LogP contribution in [0.1, 0.15) is 34.6 Å². The Morgan fingerprint density at radius 3 is 2.77 bits per heavy atom. The number of fused-ring (bicyclic) bond motifs is 3. The number of benzene rings is 1. The molecule has 3 heterocycles. The minimum absolute atomic E-state index is 0.0557. The maximum absolute atomic E-state index is 13.3. The van der Waals surface area contributed by atoms with Crippen molar-refractivity contribution in [1.82, 2.24) is 9.66 Å². The summed E-state index contributed by atoms with van der Waals surface area (Å²) in [6.07, 6.45) is 2.15. The van der Waals surface area contributed by atoms with E-state index in [1.54, 1.807) is 11.3 Å². The molecule has 1 aliphatic carbocycles. The Bertz CT molecular complexity index is 1360. The molecule has 158 valence electrons. The number of aryl methyl sites for hydroxylation is 2. The number of nitrogens with zero attached hydrogens (tertiary/aromatic N) is 3. The Balaban J connectivity index is 1.48. The molecule has 1 aliphatic rings. The van der Waals surface area contributed by atoms with E-state index < -0.39 is 11.7 Å². The third kappa shape index (κ3) is 3.59. The van der Waals surface area contributed by atoms with Crippen LogP contribution in [-0.4, -0.2) is 15.9 Å². The second-order valence-corrected chi connectivity index (χ2v) is 8.36. The van der Waals surface area contributed by atoms with Crippen LogP contribution >= 0.6 is 11.3 Å². The quantitative estimate of drug-likeness (QED) is 0.393. The fraction of sp³-hybridized carbons (Fsp3) is 0.227. The van der Waals surface area contributed by atoms with Gasteiger partial charge in [0.05, 0.1) is 17.2 Å². The molecule has 0 saturated carbocycles. The van der Waals surface area contributed by atoms with Crippen LogP contribution in [0, 0.1) is 0 Å². The van der Waals surface area contributed by atoms with E-state index in [9.17, 15) is 18.0 Å². The number of rotatable bonds is 3.